The largest absolute Gasteiger partial charge is 0.240 e. The number of hydrogen-bond donors (Lipinski definition) is 1. The number of rotatable bonds is 5. The monoisotopic (exact) mass is 291 g/mol. The number of benzene rings is 2. The fourth-order valence-electron chi connectivity index (χ4n) is 2.42. The van der Waals surface area contributed by atoms with Crippen molar-refractivity contribution in [2.24, 2.45) is 5.92 Å². The highest BCUT2D eigenvalue weighted by molar-refractivity contribution is 7.89. The molecule has 2 aromatic carbocycles. The fourth-order valence-corrected chi connectivity index (χ4v) is 3.71. The Balaban J connectivity index is 2.27. The fraction of sp³-hybridized carbons (Fsp3) is 0.375. The van der Waals surface area contributed by atoms with Gasteiger partial charge in [0.05, 0.1) is 4.90 Å². The van der Waals surface area contributed by atoms with Gasteiger partial charge in [0.15, 0.2) is 0 Å². The minimum Gasteiger partial charge on any atom is -0.208 e. The van der Waals surface area contributed by atoms with E-state index in [2.05, 4.69) is 18.6 Å². The van der Waals surface area contributed by atoms with Crippen LogP contribution >= 0.6 is 0 Å². The first-order chi connectivity index (χ1) is 9.38. The average molecular weight is 291 g/mol. The van der Waals surface area contributed by atoms with Crippen molar-refractivity contribution >= 4 is 20.8 Å². The molecule has 0 aliphatic heterocycles. The van der Waals surface area contributed by atoms with Gasteiger partial charge in [-0.3, -0.25) is 0 Å². The van der Waals surface area contributed by atoms with Crippen LogP contribution in [0.2, 0.25) is 0 Å². The third-order valence-corrected chi connectivity index (χ3v) is 4.80. The van der Waals surface area contributed by atoms with Crippen LogP contribution in [0.25, 0.3) is 10.8 Å². The number of nitrogens with one attached hydrogen (secondary N) is 1. The highest BCUT2D eigenvalue weighted by atomic mass is 32.2. The lowest BCUT2D eigenvalue weighted by Crippen LogP contribution is -2.33. The van der Waals surface area contributed by atoms with E-state index in [0.29, 0.717) is 10.8 Å². The summed E-state index contributed by atoms with van der Waals surface area (Å²) in [6.45, 7) is 6.07. The summed E-state index contributed by atoms with van der Waals surface area (Å²) in [7, 11) is -3.45. The Bertz CT molecular complexity index is 692. The zero-order valence-corrected chi connectivity index (χ0v) is 12.9. The number of sulfonamides is 1. The summed E-state index contributed by atoms with van der Waals surface area (Å²) in [6, 6.07) is 12.9. The molecule has 2 rings (SSSR count). The first-order valence-corrected chi connectivity index (χ1v) is 8.38. The Labute approximate surface area is 121 Å². The molecule has 0 fully saturated rings. The quantitative estimate of drug-likeness (QED) is 0.915. The number of hydrogen-bond acceptors (Lipinski definition) is 2. The van der Waals surface area contributed by atoms with Gasteiger partial charge in [-0.2, -0.15) is 0 Å². The van der Waals surface area contributed by atoms with E-state index in [-0.39, 0.29) is 6.04 Å². The maximum Gasteiger partial charge on any atom is 0.240 e. The van der Waals surface area contributed by atoms with E-state index >= 15 is 0 Å². The summed E-state index contributed by atoms with van der Waals surface area (Å²) in [5.41, 5.74) is 0. The maximum absolute atomic E-state index is 12.4. The molecule has 0 heterocycles. The van der Waals surface area contributed by atoms with Gasteiger partial charge in [-0.1, -0.05) is 44.2 Å². The Morgan fingerprint density at radius 3 is 2.30 bits per heavy atom. The average Bonchev–Trinajstić information content (AvgIpc) is 2.36. The zero-order chi connectivity index (χ0) is 14.8. The minimum absolute atomic E-state index is 0.0635. The van der Waals surface area contributed by atoms with E-state index in [1.807, 2.05) is 37.3 Å². The lowest BCUT2D eigenvalue weighted by Gasteiger charge is -2.16. The molecule has 108 valence electrons. The lowest BCUT2D eigenvalue weighted by molar-refractivity contribution is 0.482. The molecule has 1 N–H and O–H groups in total. The van der Waals surface area contributed by atoms with E-state index in [1.54, 1.807) is 12.1 Å². The second-order valence-corrected chi connectivity index (χ2v) is 7.37. The van der Waals surface area contributed by atoms with Gasteiger partial charge in [0.25, 0.3) is 0 Å². The van der Waals surface area contributed by atoms with Crippen LogP contribution in [0, 0.1) is 5.92 Å². The zero-order valence-electron chi connectivity index (χ0n) is 12.1. The SMILES string of the molecule is CC(C)C[C@H](C)NS(=O)(=O)c1ccc2ccccc2c1. The molecule has 4 heteroatoms. The van der Waals surface area contributed by atoms with Crippen LogP contribution < -0.4 is 4.72 Å². The molecule has 0 saturated carbocycles. The third-order valence-electron chi connectivity index (χ3n) is 3.21. The summed E-state index contributed by atoms with van der Waals surface area (Å²) >= 11 is 0. The highest BCUT2D eigenvalue weighted by Gasteiger charge is 2.18. The van der Waals surface area contributed by atoms with Gasteiger partial charge in [-0.15, -0.1) is 0 Å². The van der Waals surface area contributed by atoms with Crippen molar-refractivity contribution in [2.45, 2.75) is 38.1 Å². The van der Waals surface area contributed by atoms with Gasteiger partial charge in [-0.25, -0.2) is 13.1 Å². The molecule has 20 heavy (non-hydrogen) atoms. The lowest BCUT2D eigenvalue weighted by atomic mass is 10.1. The first-order valence-electron chi connectivity index (χ1n) is 6.89. The molecule has 0 aliphatic carbocycles. The number of fused-ring (bicyclic) bond motifs is 1. The molecule has 0 saturated heterocycles. The van der Waals surface area contributed by atoms with Crippen LogP contribution in [-0.4, -0.2) is 14.5 Å². The maximum atomic E-state index is 12.4. The molecule has 3 nitrogen and oxygen atoms in total. The minimum atomic E-state index is -3.45. The molecule has 0 unspecified atom stereocenters. The topological polar surface area (TPSA) is 46.2 Å². The van der Waals surface area contributed by atoms with E-state index in [9.17, 15) is 8.42 Å². The van der Waals surface area contributed by atoms with Crippen LogP contribution in [0.4, 0.5) is 0 Å². The smallest absolute Gasteiger partial charge is 0.208 e. The van der Waals surface area contributed by atoms with Crippen LogP contribution in [0.5, 0.6) is 0 Å². The highest BCUT2D eigenvalue weighted by Crippen LogP contribution is 2.19. The Hall–Kier alpha value is -1.39. The molecule has 0 radical (unpaired) electrons. The van der Waals surface area contributed by atoms with Gasteiger partial charge in [0.2, 0.25) is 10.0 Å². The van der Waals surface area contributed by atoms with E-state index in [1.165, 1.54) is 0 Å². The van der Waals surface area contributed by atoms with Crippen molar-refractivity contribution < 1.29 is 8.42 Å². The summed E-state index contributed by atoms with van der Waals surface area (Å²) < 4.78 is 27.5. The van der Waals surface area contributed by atoms with Gasteiger partial charge < -0.3 is 0 Å². The molecule has 0 aromatic heterocycles. The Morgan fingerprint density at radius 1 is 1.00 bits per heavy atom. The molecule has 0 aliphatic rings. The van der Waals surface area contributed by atoms with Crippen LogP contribution in [0.1, 0.15) is 27.2 Å². The summed E-state index contributed by atoms with van der Waals surface area (Å²) in [4.78, 5) is 0.326. The summed E-state index contributed by atoms with van der Waals surface area (Å²) in [6.07, 6.45) is 0.826. The summed E-state index contributed by atoms with van der Waals surface area (Å²) in [5, 5.41) is 1.98. The van der Waals surface area contributed by atoms with Crippen molar-refractivity contribution in [3.8, 4) is 0 Å². The Morgan fingerprint density at radius 2 is 1.65 bits per heavy atom. The van der Waals surface area contributed by atoms with Crippen LogP contribution in [0.3, 0.4) is 0 Å². The molecular weight excluding hydrogens is 270 g/mol. The van der Waals surface area contributed by atoms with Crippen molar-refractivity contribution in [2.75, 3.05) is 0 Å². The molecule has 0 spiro atoms. The van der Waals surface area contributed by atoms with Gasteiger partial charge in [0.1, 0.15) is 0 Å². The molecular formula is C16H21NO2S. The van der Waals surface area contributed by atoms with Gasteiger partial charge in [0, 0.05) is 6.04 Å². The van der Waals surface area contributed by atoms with Crippen molar-refractivity contribution in [1.82, 2.24) is 4.72 Å². The second kappa shape index (κ2) is 5.94. The second-order valence-electron chi connectivity index (χ2n) is 5.66. The van der Waals surface area contributed by atoms with Gasteiger partial charge in [-0.05, 0) is 42.2 Å². The van der Waals surface area contributed by atoms with Crippen molar-refractivity contribution in [3.63, 3.8) is 0 Å². The van der Waals surface area contributed by atoms with Gasteiger partial charge >= 0.3 is 0 Å². The van der Waals surface area contributed by atoms with E-state index in [4.69, 9.17) is 0 Å². The van der Waals surface area contributed by atoms with Crippen LogP contribution in [-0.2, 0) is 10.0 Å². The molecule has 2 aromatic rings. The standard InChI is InChI=1S/C16H21NO2S/c1-12(2)10-13(3)17-20(18,19)16-9-8-14-6-4-5-7-15(14)11-16/h4-9,11-13,17H,10H2,1-3H3/t13-/m0/s1. The van der Waals surface area contributed by atoms with Crippen LogP contribution in [0.15, 0.2) is 47.4 Å². The third kappa shape index (κ3) is 3.58. The predicted octanol–water partition coefficient (Wildman–Crippen LogP) is 3.55. The first kappa shape index (κ1) is 15.0. The van der Waals surface area contributed by atoms with Crippen molar-refractivity contribution in [3.05, 3.63) is 42.5 Å². The van der Waals surface area contributed by atoms with E-state index < -0.39 is 10.0 Å². The molecule has 1 atom stereocenters. The van der Waals surface area contributed by atoms with E-state index in [0.717, 1.165) is 17.2 Å². The summed E-state index contributed by atoms with van der Waals surface area (Å²) in [5.74, 6) is 0.462. The molecule has 0 amide bonds. The molecule has 0 bridgehead atoms. The van der Waals surface area contributed by atoms with Crippen molar-refractivity contribution in [1.29, 1.82) is 0 Å². The Kier molecular flexibility index (Phi) is 4.45. The predicted molar refractivity (Wildman–Crippen MR) is 83.2 cm³/mol. The normalized spacial score (nSPS) is 13.8.